The fourth-order valence-electron chi connectivity index (χ4n) is 3.84. The number of carbonyl (C=O) groups excluding carboxylic acids is 1. The molecule has 1 aliphatic rings. The molecule has 0 aliphatic carbocycles. The van der Waals surface area contributed by atoms with Crippen molar-refractivity contribution in [3.05, 3.63) is 103 Å². The number of benzene rings is 2. The molecule has 0 saturated carbocycles. The van der Waals surface area contributed by atoms with Gasteiger partial charge in [0.2, 0.25) is 0 Å². The topological polar surface area (TPSA) is 69.9 Å². The van der Waals surface area contributed by atoms with Crippen LogP contribution in [0.25, 0.3) is 12.2 Å². The van der Waals surface area contributed by atoms with Crippen molar-refractivity contribution in [2.24, 2.45) is 4.99 Å². The average molecular weight is 475 g/mol. The van der Waals surface area contributed by atoms with Gasteiger partial charge in [-0.3, -0.25) is 9.36 Å². The van der Waals surface area contributed by atoms with Crippen molar-refractivity contribution >= 4 is 29.5 Å². The van der Waals surface area contributed by atoms with Crippen LogP contribution in [-0.4, -0.2) is 23.8 Å². The Hall–Kier alpha value is -3.71. The SMILES string of the molecule is CCOC(=O)C1=C(C)N=c2s/c(=C\C=C\c3ccccc3)c(=O)n2C1c1ccc(OCC)cc1. The molecule has 1 aliphatic heterocycles. The summed E-state index contributed by atoms with van der Waals surface area (Å²) in [6.07, 6.45) is 5.58. The van der Waals surface area contributed by atoms with Gasteiger partial charge in [-0.05, 0) is 50.1 Å². The Balaban J connectivity index is 1.83. The van der Waals surface area contributed by atoms with Gasteiger partial charge in [-0.1, -0.05) is 66.0 Å². The van der Waals surface area contributed by atoms with E-state index in [1.807, 2.05) is 73.7 Å². The van der Waals surface area contributed by atoms with E-state index in [-0.39, 0.29) is 12.2 Å². The van der Waals surface area contributed by atoms with Gasteiger partial charge in [-0.25, -0.2) is 9.79 Å². The van der Waals surface area contributed by atoms with Gasteiger partial charge in [0, 0.05) is 0 Å². The maximum absolute atomic E-state index is 13.5. The van der Waals surface area contributed by atoms with E-state index in [1.54, 1.807) is 24.5 Å². The van der Waals surface area contributed by atoms with Gasteiger partial charge in [-0.15, -0.1) is 0 Å². The standard InChI is InChI=1S/C27H26N2O4S/c1-4-32-21-16-14-20(15-17-21)24-23(26(31)33-5-2)18(3)28-27-29(24)25(30)22(34-27)13-9-12-19-10-7-6-8-11-19/h6-17,24H,4-5H2,1-3H3/b12-9+,22-13-. The molecule has 34 heavy (non-hydrogen) atoms. The van der Waals surface area contributed by atoms with Gasteiger partial charge in [0.15, 0.2) is 4.80 Å². The highest BCUT2D eigenvalue weighted by molar-refractivity contribution is 7.07. The number of allylic oxidation sites excluding steroid dienone is 2. The number of fused-ring (bicyclic) bond motifs is 1. The summed E-state index contributed by atoms with van der Waals surface area (Å²) >= 11 is 1.30. The smallest absolute Gasteiger partial charge is 0.338 e. The van der Waals surface area contributed by atoms with Crippen molar-refractivity contribution in [3.8, 4) is 5.75 Å². The third-order valence-electron chi connectivity index (χ3n) is 5.36. The van der Waals surface area contributed by atoms with Crippen LogP contribution in [0.1, 0.15) is 37.9 Å². The first-order valence-electron chi connectivity index (χ1n) is 11.2. The zero-order valence-corrected chi connectivity index (χ0v) is 20.2. The van der Waals surface area contributed by atoms with Crippen LogP contribution in [0, 0.1) is 0 Å². The van der Waals surface area contributed by atoms with E-state index in [1.165, 1.54) is 11.3 Å². The Labute approximate surface area is 201 Å². The van der Waals surface area contributed by atoms with E-state index in [9.17, 15) is 9.59 Å². The summed E-state index contributed by atoms with van der Waals surface area (Å²) < 4.78 is 13.0. The van der Waals surface area contributed by atoms with Gasteiger partial charge < -0.3 is 9.47 Å². The highest BCUT2D eigenvalue weighted by Gasteiger charge is 2.33. The lowest BCUT2D eigenvalue weighted by Crippen LogP contribution is -2.39. The number of hydrogen-bond donors (Lipinski definition) is 0. The fourth-order valence-corrected chi connectivity index (χ4v) is 4.84. The zero-order valence-electron chi connectivity index (χ0n) is 19.4. The monoisotopic (exact) mass is 474 g/mol. The van der Waals surface area contributed by atoms with Crippen LogP contribution in [0.2, 0.25) is 0 Å². The molecule has 0 fully saturated rings. The Morgan fingerprint density at radius 2 is 1.82 bits per heavy atom. The predicted octanol–water partition coefficient (Wildman–Crippen LogP) is 3.86. The number of hydrogen-bond acceptors (Lipinski definition) is 6. The summed E-state index contributed by atoms with van der Waals surface area (Å²) in [5.41, 5.74) is 2.54. The molecule has 3 aromatic rings. The van der Waals surface area contributed by atoms with Crippen LogP contribution in [0.15, 0.2) is 81.7 Å². The molecule has 7 heteroatoms. The molecule has 6 nitrogen and oxygen atoms in total. The lowest BCUT2D eigenvalue weighted by atomic mass is 9.96. The van der Waals surface area contributed by atoms with Crippen LogP contribution < -0.4 is 19.6 Å². The van der Waals surface area contributed by atoms with Gasteiger partial charge in [0.1, 0.15) is 5.75 Å². The Morgan fingerprint density at radius 1 is 1.09 bits per heavy atom. The molecule has 0 radical (unpaired) electrons. The maximum atomic E-state index is 13.5. The summed E-state index contributed by atoms with van der Waals surface area (Å²) in [4.78, 5) is 31.6. The quantitative estimate of drug-likeness (QED) is 0.488. The summed E-state index contributed by atoms with van der Waals surface area (Å²) in [6, 6.07) is 16.7. The van der Waals surface area contributed by atoms with E-state index in [2.05, 4.69) is 4.99 Å². The molecule has 0 bridgehead atoms. The van der Waals surface area contributed by atoms with Gasteiger partial charge >= 0.3 is 5.97 Å². The molecule has 4 rings (SSSR count). The van der Waals surface area contributed by atoms with Gasteiger partial charge in [0.05, 0.1) is 35.1 Å². The van der Waals surface area contributed by atoms with E-state index >= 15 is 0 Å². The van der Waals surface area contributed by atoms with Crippen molar-refractivity contribution in [2.75, 3.05) is 13.2 Å². The number of ether oxygens (including phenoxy) is 2. The molecule has 0 spiro atoms. The largest absolute Gasteiger partial charge is 0.494 e. The van der Waals surface area contributed by atoms with Crippen molar-refractivity contribution in [3.63, 3.8) is 0 Å². The van der Waals surface area contributed by atoms with Crippen LogP contribution in [0.3, 0.4) is 0 Å². The Bertz CT molecular complexity index is 1410. The summed E-state index contributed by atoms with van der Waals surface area (Å²) in [5.74, 6) is 0.254. The van der Waals surface area contributed by atoms with Crippen LogP contribution in [0.5, 0.6) is 5.75 Å². The molecule has 0 saturated heterocycles. The highest BCUT2D eigenvalue weighted by Crippen LogP contribution is 2.31. The van der Waals surface area contributed by atoms with Crippen LogP contribution in [0.4, 0.5) is 0 Å². The van der Waals surface area contributed by atoms with E-state index in [0.29, 0.717) is 27.2 Å². The highest BCUT2D eigenvalue weighted by atomic mass is 32.1. The first-order valence-corrected chi connectivity index (χ1v) is 12.0. The second kappa shape index (κ2) is 10.5. The van der Waals surface area contributed by atoms with Crippen LogP contribution >= 0.6 is 11.3 Å². The number of rotatable bonds is 7. The zero-order chi connectivity index (χ0) is 24.1. The molecule has 0 N–H and O–H groups in total. The molecule has 174 valence electrons. The first kappa shape index (κ1) is 23.4. The number of thiazole rings is 1. The van der Waals surface area contributed by atoms with Crippen molar-refractivity contribution in [2.45, 2.75) is 26.8 Å². The number of nitrogens with zero attached hydrogens (tertiary/aromatic N) is 2. The first-order chi connectivity index (χ1) is 16.5. The Kier molecular flexibility index (Phi) is 7.23. The minimum absolute atomic E-state index is 0.199. The minimum Gasteiger partial charge on any atom is -0.494 e. The second-order valence-electron chi connectivity index (χ2n) is 7.60. The summed E-state index contributed by atoms with van der Waals surface area (Å²) in [6.45, 7) is 6.25. The molecule has 2 aromatic carbocycles. The number of esters is 1. The van der Waals surface area contributed by atoms with Gasteiger partial charge in [0.25, 0.3) is 5.56 Å². The van der Waals surface area contributed by atoms with E-state index in [4.69, 9.17) is 9.47 Å². The van der Waals surface area contributed by atoms with E-state index < -0.39 is 12.0 Å². The van der Waals surface area contributed by atoms with Crippen molar-refractivity contribution in [1.82, 2.24) is 4.57 Å². The number of aromatic nitrogens is 1. The molecule has 0 amide bonds. The molecule has 1 aromatic heterocycles. The Morgan fingerprint density at radius 3 is 2.50 bits per heavy atom. The minimum atomic E-state index is -0.633. The fraction of sp³-hybridized carbons (Fsp3) is 0.222. The predicted molar refractivity (Wildman–Crippen MR) is 134 cm³/mol. The lowest BCUT2D eigenvalue weighted by molar-refractivity contribution is -0.139. The third kappa shape index (κ3) is 4.79. The lowest BCUT2D eigenvalue weighted by Gasteiger charge is -2.24. The third-order valence-corrected chi connectivity index (χ3v) is 6.36. The molecule has 1 unspecified atom stereocenters. The molecule has 1 atom stereocenters. The average Bonchev–Trinajstić information content (AvgIpc) is 3.14. The second-order valence-corrected chi connectivity index (χ2v) is 8.61. The number of carbonyl (C=O) groups is 1. The summed E-state index contributed by atoms with van der Waals surface area (Å²) in [7, 11) is 0. The van der Waals surface area contributed by atoms with Crippen LogP contribution in [-0.2, 0) is 9.53 Å². The molecule has 2 heterocycles. The van der Waals surface area contributed by atoms with E-state index in [0.717, 1.165) is 16.9 Å². The normalized spacial score (nSPS) is 15.9. The van der Waals surface area contributed by atoms with Crippen molar-refractivity contribution in [1.29, 1.82) is 0 Å². The maximum Gasteiger partial charge on any atom is 0.338 e. The summed E-state index contributed by atoms with van der Waals surface area (Å²) in [5, 5.41) is 0. The molecular formula is C27H26N2O4S. The molecular weight excluding hydrogens is 448 g/mol. The van der Waals surface area contributed by atoms with Crippen molar-refractivity contribution < 1.29 is 14.3 Å². The van der Waals surface area contributed by atoms with Gasteiger partial charge in [-0.2, -0.15) is 0 Å².